The number of nitrogens with zero attached hydrogens (tertiary/aromatic N) is 3. The molecule has 0 saturated carbocycles. The molecule has 76 valence electrons. The molecule has 1 aromatic heterocycles. The van der Waals surface area contributed by atoms with E-state index < -0.39 is 0 Å². The summed E-state index contributed by atoms with van der Waals surface area (Å²) in [5.74, 6) is 2.03. The molecule has 1 fully saturated rings. The van der Waals surface area contributed by atoms with Gasteiger partial charge in [0.05, 0.1) is 0 Å². The molecule has 7 heteroatoms. The fraction of sp³-hybridized carbons (Fsp3) is 0.571. The van der Waals surface area contributed by atoms with Gasteiger partial charge in [-0.2, -0.15) is 11.8 Å². The smallest absolute Gasteiger partial charge is 0.323 e. The number of hydrogen-bond acceptors (Lipinski definition) is 5. The summed E-state index contributed by atoms with van der Waals surface area (Å²) in [6.45, 7) is 1.63. The average Bonchev–Trinajstić information content (AvgIpc) is 2.72. The Kier molecular flexibility index (Phi) is 3.20. The molecule has 1 aliphatic heterocycles. The summed E-state index contributed by atoms with van der Waals surface area (Å²) in [4.78, 5) is 13.4. The fourth-order valence-corrected chi connectivity index (χ4v) is 2.50. The van der Waals surface area contributed by atoms with E-state index in [0.29, 0.717) is 5.13 Å². The molecule has 1 saturated heterocycles. The van der Waals surface area contributed by atoms with Crippen molar-refractivity contribution in [2.75, 3.05) is 29.9 Å². The molecule has 2 rings (SSSR count). The average molecular weight is 230 g/mol. The van der Waals surface area contributed by atoms with Crippen LogP contribution in [0, 0.1) is 0 Å². The van der Waals surface area contributed by atoms with Gasteiger partial charge in [-0.15, -0.1) is 10.2 Å². The van der Waals surface area contributed by atoms with Crippen LogP contribution >= 0.6 is 23.1 Å². The summed E-state index contributed by atoms with van der Waals surface area (Å²) < 4.78 is 0. The van der Waals surface area contributed by atoms with Gasteiger partial charge in [-0.25, -0.2) is 4.79 Å². The Labute approximate surface area is 89.9 Å². The standard InChI is InChI=1S/C7H10N4OS2/c12-7(9-6-10-8-5-14-6)11-1-3-13-4-2-11/h5H,1-4H2,(H,9,10,12). The number of aromatic nitrogens is 2. The molecular formula is C7H10N4OS2. The van der Waals surface area contributed by atoms with Crippen LogP contribution in [-0.4, -0.2) is 45.7 Å². The van der Waals surface area contributed by atoms with E-state index in [9.17, 15) is 4.79 Å². The van der Waals surface area contributed by atoms with Gasteiger partial charge in [-0.05, 0) is 0 Å². The maximum absolute atomic E-state index is 11.6. The van der Waals surface area contributed by atoms with Crippen molar-refractivity contribution >= 4 is 34.3 Å². The van der Waals surface area contributed by atoms with E-state index in [4.69, 9.17) is 0 Å². The Balaban J connectivity index is 1.88. The van der Waals surface area contributed by atoms with Crippen molar-refractivity contribution in [3.8, 4) is 0 Å². The molecule has 2 amide bonds. The Bertz CT molecular complexity index is 297. The van der Waals surface area contributed by atoms with E-state index in [-0.39, 0.29) is 6.03 Å². The lowest BCUT2D eigenvalue weighted by Gasteiger charge is -2.25. The molecule has 1 aromatic rings. The lowest BCUT2D eigenvalue weighted by atomic mass is 10.5. The monoisotopic (exact) mass is 230 g/mol. The SMILES string of the molecule is O=C(Nc1nncs1)N1CCSCC1. The summed E-state index contributed by atoms with van der Waals surface area (Å²) in [6.07, 6.45) is 0. The quantitative estimate of drug-likeness (QED) is 0.785. The highest BCUT2D eigenvalue weighted by Crippen LogP contribution is 2.12. The van der Waals surface area contributed by atoms with Gasteiger partial charge in [-0.3, -0.25) is 5.32 Å². The zero-order valence-electron chi connectivity index (χ0n) is 7.47. The molecule has 1 aliphatic rings. The lowest BCUT2D eigenvalue weighted by molar-refractivity contribution is 0.217. The van der Waals surface area contributed by atoms with Crippen molar-refractivity contribution in [2.45, 2.75) is 0 Å². The highest BCUT2D eigenvalue weighted by Gasteiger charge is 2.17. The first-order chi connectivity index (χ1) is 6.86. The van der Waals surface area contributed by atoms with Crippen LogP contribution in [0.25, 0.3) is 0 Å². The van der Waals surface area contributed by atoms with Crippen molar-refractivity contribution in [2.24, 2.45) is 0 Å². The molecular weight excluding hydrogens is 220 g/mol. The predicted molar refractivity (Wildman–Crippen MR) is 57.8 cm³/mol. The van der Waals surface area contributed by atoms with Gasteiger partial charge in [0, 0.05) is 24.6 Å². The predicted octanol–water partition coefficient (Wildman–Crippen LogP) is 1.12. The van der Waals surface area contributed by atoms with Crippen molar-refractivity contribution in [3.63, 3.8) is 0 Å². The molecule has 14 heavy (non-hydrogen) atoms. The van der Waals surface area contributed by atoms with Gasteiger partial charge in [0.1, 0.15) is 5.51 Å². The van der Waals surface area contributed by atoms with Gasteiger partial charge in [0.25, 0.3) is 0 Å². The molecule has 0 aliphatic carbocycles. The maximum Gasteiger partial charge on any atom is 0.323 e. The second-order valence-corrected chi connectivity index (χ2v) is 4.83. The van der Waals surface area contributed by atoms with E-state index >= 15 is 0 Å². The molecule has 5 nitrogen and oxygen atoms in total. The van der Waals surface area contributed by atoms with Crippen LogP contribution in [0.1, 0.15) is 0 Å². The topological polar surface area (TPSA) is 58.1 Å². The number of nitrogens with one attached hydrogen (secondary N) is 1. The molecule has 0 bridgehead atoms. The van der Waals surface area contributed by atoms with Crippen molar-refractivity contribution in [1.29, 1.82) is 0 Å². The molecule has 2 heterocycles. The summed E-state index contributed by atoms with van der Waals surface area (Å²) in [5, 5.41) is 10.7. The largest absolute Gasteiger partial charge is 0.323 e. The van der Waals surface area contributed by atoms with Gasteiger partial charge in [0.15, 0.2) is 0 Å². The zero-order valence-corrected chi connectivity index (χ0v) is 9.11. The molecule has 0 radical (unpaired) electrons. The van der Waals surface area contributed by atoms with E-state index in [1.807, 2.05) is 11.8 Å². The number of carbonyl (C=O) groups excluding carboxylic acids is 1. The van der Waals surface area contributed by atoms with E-state index in [1.165, 1.54) is 11.3 Å². The number of rotatable bonds is 1. The number of carbonyl (C=O) groups is 1. The van der Waals surface area contributed by atoms with E-state index in [0.717, 1.165) is 24.6 Å². The van der Waals surface area contributed by atoms with Gasteiger partial charge in [-0.1, -0.05) is 11.3 Å². The van der Waals surface area contributed by atoms with Crippen LogP contribution in [0.3, 0.4) is 0 Å². The third-order valence-corrected chi connectivity index (χ3v) is 3.42. The van der Waals surface area contributed by atoms with Crippen LogP contribution in [0.4, 0.5) is 9.93 Å². The second-order valence-electron chi connectivity index (χ2n) is 2.77. The fourth-order valence-electron chi connectivity index (χ4n) is 1.16. The Morgan fingerprint density at radius 1 is 1.50 bits per heavy atom. The Morgan fingerprint density at radius 3 is 2.93 bits per heavy atom. The van der Waals surface area contributed by atoms with Gasteiger partial charge >= 0.3 is 6.03 Å². The third kappa shape index (κ3) is 2.36. The molecule has 1 N–H and O–H groups in total. The highest BCUT2D eigenvalue weighted by molar-refractivity contribution is 7.99. The van der Waals surface area contributed by atoms with Crippen LogP contribution in [-0.2, 0) is 0 Å². The van der Waals surface area contributed by atoms with Crippen molar-refractivity contribution in [1.82, 2.24) is 15.1 Å². The minimum Gasteiger partial charge on any atom is -0.323 e. The van der Waals surface area contributed by atoms with E-state index in [1.54, 1.807) is 10.4 Å². The maximum atomic E-state index is 11.6. The summed E-state index contributed by atoms with van der Waals surface area (Å²) in [5.41, 5.74) is 1.60. The Hall–Kier alpha value is -0.820. The number of anilines is 1. The molecule has 0 unspecified atom stereocenters. The lowest BCUT2D eigenvalue weighted by Crippen LogP contribution is -2.40. The van der Waals surface area contributed by atoms with Gasteiger partial charge < -0.3 is 4.90 Å². The molecule has 0 spiro atoms. The zero-order chi connectivity index (χ0) is 9.80. The van der Waals surface area contributed by atoms with Crippen LogP contribution < -0.4 is 5.32 Å². The Morgan fingerprint density at radius 2 is 2.29 bits per heavy atom. The van der Waals surface area contributed by atoms with Crippen LogP contribution in [0.2, 0.25) is 0 Å². The van der Waals surface area contributed by atoms with Crippen LogP contribution in [0.15, 0.2) is 5.51 Å². The molecule has 0 aromatic carbocycles. The summed E-state index contributed by atoms with van der Waals surface area (Å²) in [7, 11) is 0. The molecule has 0 atom stereocenters. The van der Waals surface area contributed by atoms with Crippen LogP contribution in [0.5, 0.6) is 0 Å². The number of thioether (sulfide) groups is 1. The summed E-state index contributed by atoms with van der Waals surface area (Å²) in [6, 6.07) is -0.0675. The first kappa shape index (κ1) is 9.72. The van der Waals surface area contributed by atoms with E-state index in [2.05, 4.69) is 15.5 Å². The summed E-state index contributed by atoms with van der Waals surface area (Å²) >= 11 is 3.21. The minimum absolute atomic E-state index is 0.0675. The first-order valence-electron chi connectivity index (χ1n) is 4.26. The van der Waals surface area contributed by atoms with Gasteiger partial charge in [0.2, 0.25) is 5.13 Å². The second kappa shape index (κ2) is 4.61. The third-order valence-electron chi connectivity index (χ3n) is 1.87. The van der Waals surface area contributed by atoms with Crippen molar-refractivity contribution < 1.29 is 4.79 Å². The number of amides is 2. The highest BCUT2D eigenvalue weighted by atomic mass is 32.2. The number of urea groups is 1. The minimum atomic E-state index is -0.0675. The first-order valence-corrected chi connectivity index (χ1v) is 6.29. The van der Waals surface area contributed by atoms with Crippen molar-refractivity contribution in [3.05, 3.63) is 5.51 Å². The normalized spacial score (nSPS) is 16.7. The number of hydrogen-bond donors (Lipinski definition) is 1.